The van der Waals surface area contributed by atoms with Crippen LogP contribution in [-0.4, -0.2) is 64.1 Å². The Kier molecular flexibility index (Phi) is 9.14. The molecule has 12 heteroatoms. The van der Waals surface area contributed by atoms with Gasteiger partial charge in [0.05, 0.1) is 16.9 Å². The first-order chi connectivity index (χ1) is 20.5. The average molecular weight is 640 g/mol. The van der Waals surface area contributed by atoms with Crippen LogP contribution in [0.15, 0.2) is 101 Å². The van der Waals surface area contributed by atoms with Gasteiger partial charge in [-0.05, 0) is 66.1 Å². The number of hydrogen-bond donors (Lipinski definition) is 1. The predicted octanol–water partition coefficient (Wildman–Crippen LogP) is 4.57. The highest BCUT2D eigenvalue weighted by Gasteiger charge is 2.45. The van der Waals surface area contributed by atoms with Gasteiger partial charge in [0, 0.05) is 24.6 Å². The van der Waals surface area contributed by atoms with Crippen molar-refractivity contribution in [2.75, 3.05) is 20.7 Å². The van der Waals surface area contributed by atoms with Crippen LogP contribution < -0.4 is 9.57 Å². The lowest BCUT2D eigenvalue weighted by Crippen LogP contribution is -2.52. The Balaban J connectivity index is 1.41. The number of aryl methyl sites for hydroxylation is 1. The van der Waals surface area contributed by atoms with Gasteiger partial charge in [0.25, 0.3) is 15.9 Å². The van der Waals surface area contributed by atoms with E-state index >= 15 is 0 Å². The number of hydrazine groups is 1. The second-order valence-corrected chi connectivity index (χ2v) is 15.3. The van der Waals surface area contributed by atoms with Crippen molar-refractivity contribution in [1.29, 1.82) is 0 Å². The number of amides is 1. The number of thioether (sulfide) groups is 1. The molecule has 0 bridgehead atoms. The quantitative estimate of drug-likeness (QED) is 0.253. The molecule has 1 aliphatic rings. The third-order valence-corrected chi connectivity index (χ3v) is 12.0. The Morgan fingerprint density at radius 2 is 1.58 bits per heavy atom. The first kappa shape index (κ1) is 31.0. The van der Waals surface area contributed by atoms with Crippen LogP contribution in [0, 0.1) is 6.92 Å². The molecule has 0 radical (unpaired) electrons. The molecule has 43 heavy (non-hydrogen) atoms. The molecule has 4 aromatic rings. The van der Waals surface area contributed by atoms with Gasteiger partial charge in [-0.2, -0.15) is 16.1 Å². The van der Waals surface area contributed by atoms with Gasteiger partial charge in [-0.15, -0.1) is 4.83 Å². The topological polar surface area (TPSA) is 113 Å². The first-order valence-corrected chi connectivity index (χ1v) is 17.6. The van der Waals surface area contributed by atoms with Crippen LogP contribution in [0.4, 0.5) is 0 Å². The smallest absolute Gasteiger partial charge is 0.257 e. The van der Waals surface area contributed by atoms with E-state index in [1.807, 2.05) is 55.5 Å². The summed E-state index contributed by atoms with van der Waals surface area (Å²) in [5.41, 5.74) is 1.93. The summed E-state index contributed by atoms with van der Waals surface area (Å²) in [7, 11) is -5.28. The van der Waals surface area contributed by atoms with Crippen molar-refractivity contribution < 1.29 is 26.4 Å². The summed E-state index contributed by atoms with van der Waals surface area (Å²) in [6.45, 7) is 1.94. The molecule has 1 heterocycles. The summed E-state index contributed by atoms with van der Waals surface area (Å²) in [5.74, 6) is 0.687. The Morgan fingerprint density at radius 1 is 0.930 bits per heavy atom. The van der Waals surface area contributed by atoms with E-state index in [-0.39, 0.29) is 28.0 Å². The largest absolute Gasteiger partial charge is 0.497 e. The van der Waals surface area contributed by atoms with E-state index in [1.165, 1.54) is 23.5 Å². The number of ether oxygens (including phenoxy) is 1. The van der Waals surface area contributed by atoms with Crippen LogP contribution in [0.5, 0.6) is 5.75 Å². The molecule has 0 aliphatic carbocycles. The third-order valence-electron chi connectivity index (χ3n) is 7.39. The van der Waals surface area contributed by atoms with E-state index in [0.717, 1.165) is 32.7 Å². The molecule has 1 amide bonds. The lowest BCUT2D eigenvalue weighted by Gasteiger charge is -2.27. The van der Waals surface area contributed by atoms with E-state index < -0.39 is 32.0 Å². The second-order valence-electron chi connectivity index (χ2n) is 10.4. The molecular weight excluding hydrogens is 607 g/mol. The van der Waals surface area contributed by atoms with Gasteiger partial charge < -0.3 is 4.74 Å². The molecule has 1 aliphatic heterocycles. The molecule has 2 atom stereocenters. The molecule has 9 nitrogen and oxygen atoms in total. The zero-order valence-electron chi connectivity index (χ0n) is 24.0. The van der Waals surface area contributed by atoms with Gasteiger partial charge in [-0.3, -0.25) is 9.80 Å². The number of nitrogens with zero attached hydrogens (tertiary/aromatic N) is 2. The summed E-state index contributed by atoms with van der Waals surface area (Å²) >= 11 is 1.56. The number of carbonyl (C=O) groups is 1. The van der Waals surface area contributed by atoms with Crippen LogP contribution in [0.25, 0.3) is 10.8 Å². The number of benzene rings is 4. The average Bonchev–Trinajstić information content (AvgIpc) is 3.45. The van der Waals surface area contributed by atoms with Gasteiger partial charge in [0.2, 0.25) is 10.0 Å². The van der Waals surface area contributed by atoms with Gasteiger partial charge >= 0.3 is 0 Å². The Morgan fingerprint density at radius 3 is 2.26 bits per heavy atom. The van der Waals surface area contributed by atoms with Crippen molar-refractivity contribution in [2.45, 2.75) is 40.2 Å². The normalized spacial score (nSPS) is 17.7. The zero-order chi connectivity index (χ0) is 30.8. The SMILES string of the molecule is COc1ccc(CS[C@@H]2C[C@@H](C(=O)N(C)NS(=O)(=O)c3ccc(C)cc3)N(S(=O)(=O)c3ccc4ccccc4c3)C2)cc1. The van der Waals surface area contributed by atoms with Crippen LogP contribution in [0.2, 0.25) is 0 Å². The Bertz CT molecular complexity index is 1830. The van der Waals surface area contributed by atoms with E-state index in [1.54, 1.807) is 49.2 Å². The molecule has 0 saturated carbocycles. The number of likely N-dealkylation sites (N-methyl/N-ethyl adjacent to an activating group) is 1. The lowest BCUT2D eigenvalue weighted by molar-refractivity contribution is -0.134. The minimum absolute atomic E-state index is 0.00210. The summed E-state index contributed by atoms with van der Waals surface area (Å²) in [6, 6.07) is 25.1. The van der Waals surface area contributed by atoms with Crippen molar-refractivity contribution in [2.24, 2.45) is 0 Å². The number of nitrogens with one attached hydrogen (secondary N) is 1. The molecular formula is C31H33N3O6S3. The predicted molar refractivity (Wildman–Crippen MR) is 169 cm³/mol. The molecule has 1 fully saturated rings. The number of fused-ring (bicyclic) bond motifs is 1. The van der Waals surface area contributed by atoms with E-state index in [2.05, 4.69) is 4.83 Å². The molecule has 1 N–H and O–H groups in total. The molecule has 5 rings (SSSR count). The Hall–Kier alpha value is -3.42. The lowest BCUT2D eigenvalue weighted by atomic mass is 10.1. The fraction of sp³-hybridized carbons (Fsp3) is 0.258. The molecule has 226 valence electrons. The summed E-state index contributed by atoms with van der Waals surface area (Å²) < 4.78 is 60.5. The maximum absolute atomic E-state index is 14.0. The minimum Gasteiger partial charge on any atom is -0.497 e. The maximum atomic E-state index is 14.0. The van der Waals surface area contributed by atoms with Gasteiger partial charge in [0.1, 0.15) is 11.8 Å². The number of methoxy groups -OCH3 is 1. The van der Waals surface area contributed by atoms with Crippen molar-refractivity contribution in [3.63, 3.8) is 0 Å². The molecule has 1 saturated heterocycles. The van der Waals surface area contributed by atoms with Crippen LogP contribution in [0.1, 0.15) is 17.5 Å². The number of sulfonamides is 2. The van der Waals surface area contributed by atoms with E-state index in [9.17, 15) is 21.6 Å². The minimum atomic E-state index is -4.10. The van der Waals surface area contributed by atoms with E-state index in [4.69, 9.17) is 4.74 Å². The van der Waals surface area contributed by atoms with Crippen LogP contribution in [-0.2, 0) is 30.6 Å². The Labute approximate surface area is 256 Å². The highest BCUT2D eigenvalue weighted by molar-refractivity contribution is 7.99. The standard InChI is InChI=1S/C31H33N3O6S3/c1-22-8-15-28(16-9-22)42(36,37)32-33(2)31(35)30-19-27(41-21-23-10-13-26(40-3)14-11-23)20-34(30)43(38,39)29-17-12-24-6-4-5-7-25(24)18-29/h4-18,27,30,32H,19-21H2,1-3H3/t27-,30+/m1/s1. The van der Waals surface area contributed by atoms with Gasteiger partial charge in [-0.1, -0.05) is 60.2 Å². The van der Waals surface area contributed by atoms with Crippen molar-refractivity contribution in [3.8, 4) is 5.75 Å². The third kappa shape index (κ3) is 6.89. The molecule has 0 spiro atoms. The molecule has 0 aromatic heterocycles. The monoisotopic (exact) mass is 639 g/mol. The summed E-state index contributed by atoms with van der Waals surface area (Å²) in [5, 5.41) is 2.33. The maximum Gasteiger partial charge on any atom is 0.257 e. The fourth-order valence-electron chi connectivity index (χ4n) is 5.00. The zero-order valence-corrected chi connectivity index (χ0v) is 26.5. The second kappa shape index (κ2) is 12.7. The van der Waals surface area contributed by atoms with Crippen molar-refractivity contribution in [3.05, 3.63) is 102 Å². The molecule has 0 unspecified atom stereocenters. The fourth-order valence-corrected chi connectivity index (χ4v) is 9.02. The number of hydrogen-bond acceptors (Lipinski definition) is 7. The van der Waals surface area contributed by atoms with Gasteiger partial charge in [0.15, 0.2) is 0 Å². The van der Waals surface area contributed by atoms with Crippen molar-refractivity contribution in [1.82, 2.24) is 14.1 Å². The highest BCUT2D eigenvalue weighted by Crippen LogP contribution is 2.35. The highest BCUT2D eigenvalue weighted by atomic mass is 32.2. The van der Waals surface area contributed by atoms with Gasteiger partial charge in [-0.25, -0.2) is 16.8 Å². The van der Waals surface area contributed by atoms with Crippen LogP contribution in [0.3, 0.4) is 0 Å². The van der Waals surface area contributed by atoms with E-state index in [0.29, 0.717) is 5.75 Å². The summed E-state index contributed by atoms with van der Waals surface area (Å²) in [6.07, 6.45) is 0.225. The number of rotatable bonds is 10. The summed E-state index contributed by atoms with van der Waals surface area (Å²) in [4.78, 5) is 16.1. The molecule has 4 aromatic carbocycles. The first-order valence-electron chi connectivity index (χ1n) is 13.6. The van der Waals surface area contributed by atoms with Crippen molar-refractivity contribution >= 4 is 48.5 Å². The number of carbonyl (C=O) groups excluding carboxylic acids is 1. The van der Waals surface area contributed by atoms with Crippen LogP contribution >= 0.6 is 11.8 Å².